The van der Waals surface area contributed by atoms with E-state index >= 15 is 0 Å². The molecule has 0 aromatic heterocycles. The Morgan fingerprint density at radius 2 is 1.87 bits per heavy atom. The Morgan fingerprint density at radius 1 is 1.09 bits per heavy atom. The molecule has 2 aromatic carbocycles. The summed E-state index contributed by atoms with van der Waals surface area (Å²) < 4.78 is 15.4. The van der Waals surface area contributed by atoms with Crippen molar-refractivity contribution in [3.05, 3.63) is 60.2 Å². The molecule has 2 aromatic rings. The van der Waals surface area contributed by atoms with E-state index in [0.717, 1.165) is 5.56 Å². The van der Waals surface area contributed by atoms with Gasteiger partial charge in [0.1, 0.15) is 18.1 Å². The number of hydrogen-bond acceptors (Lipinski definition) is 4. The zero-order chi connectivity index (χ0) is 16.5. The molecule has 0 spiro atoms. The fourth-order valence-electron chi connectivity index (χ4n) is 1.92. The lowest BCUT2D eigenvalue weighted by molar-refractivity contribution is 0.174. The first-order valence-electron chi connectivity index (χ1n) is 7.10. The highest BCUT2D eigenvalue weighted by Crippen LogP contribution is 2.29. The topological polar surface area (TPSA) is 56.8 Å². The van der Waals surface area contributed by atoms with Crippen molar-refractivity contribution >= 4 is 17.9 Å². The average Bonchev–Trinajstić information content (AvgIpc) is 2.60. The van der Waals surface area contributed by atoms with Gasteiger partial charge in [-0.25, -0.2) is 4.79 Å². The number of rotatable bonds is 6. The van der Waals surface area contributed by atoms with E-state index in [-0.39, 0.29) is 6.61 Å². The van der Waals surface area contributed by atoms with E-state index in [9.17, 15) is 4.79 Å². The maximum absolute atomic E-state index is 11.8. The van der Waals surface area contributed by atoms with Crippen LogP contribution in [0.25, 0.3) is 6.08 Å². The molecule has 0 unspecified atom stereocenters. The Labute approximate surface area is 135 Å². The lowest BCUT2D eigenvalue weighted by Crippen LogP contribution is -2.14. The van der Waals surface area contributed by atoms with E-state index in [1.54, 1.807) is 31.4 Å². The molecular weight excluding hydrogens is 294 g/mol. The number of amides is 1. The SMILES string of the molecule is COc1ccc(NC(=O)OCC=Cc2ccccc2)c(OC)c1. The van der Waals surface area contributed by atoms with Gasteiger partial charge in [-0.05, 0) is 23.8 Å². The van der Waals surface area contributed by atoms with Gasteiger partial charge < -0.3 is 14.2 Å². The smallest absolute Gasteiger partial charge is 0.412 e. The predicted molar refractivity (Wildman–Crippen MR) is 90.0 cm³/mol. The number of carbonyl (C=O) groups is 1. The van der Waals surface area contributed by atoms with E-state index in [0.29, 0.717) is 17.2 Å². The summed E-state index contributed by atoms with van der Waals surface area (Å²) in [5.41, 5.74) is 1.57. The normalized spacial score (nSPS) is 10.3. The van der Waals surface area contributed by atoms with Crippen LogP contribution in [0.4, 0.5) is 10.5 Å². The zero-order valence-electron chi connectivity index (χ0n) is 13.1. The molecule has 0 bridgehead atoms. The number of nitrogens with one attached hydrogen (secondary N) is 1. The van der Waals surface area contributed by atoms with E-state index < -0.39 is 6.09 Å². The first-order valence-corrected chi connectivity index (χ1v) is 7.10. The molecule has 0 saturated carbocycles. The van der Waals surface area contributed by atoms with Crippen LogP contribution in [-0.4, -0.2) is 26.9 Å². The predicted octanol–water partition coefficient (Wildman–Crippen LogP) is 3.97. The van der Waals surface area contributed by atoms with Crippen molar-refractivity contribution in [1.29, 1.82) is 0 Å². The minimum atomic E-state index is -0.550. The van der Waals surface area contributed by atoms with E-state index in [1.807, 2.05) is 36.4 Å². The molecule has 23 heavy (non-hydrogen) atoms. The quantitative estimate of drug-likeness (QED) is 0.877. The number of methoxy groups -OCH3 is 2. The summed E-state index contributed by atoms with van der Waals surface area (Å²) in [6.45, 7) is 0.180. The number of carbonyl (C=O) groups excluding carboxylic acids is 1. The summed E-state index contributed by atoms with van der Waals surface area (Å²) in [4.78, 5) is 11.8. The van der Waals surface area contributed by atoms with Gasteiger partial charge in [-0.15, -0.1) is 0 Å². The molecule has 120 valence electrons. The molecule has 0 saturated heterocycles. The lowest BCUT2D eigenvalue weighted by atomic mass is 10.2. The average molecular weight is 313 g/mol. The van der Waals surface area contributed by atoms with Crippen LogP contribution >= 0.6 is 0 Å². The van der Waals surface area contributed by atoms with Gasteiger partial charge in [0, 0.05) is 6.07 Å². The first kappa shape index (κ1) is 16.4. The van der Waals surface area contributed by atoms with E-state index in [4.69, 9.17) is 14.2 Å². The van der Waals surface area contributed by atoms with Gasteiger partial charge in [-0.2, -0.15) is 0 Å². The highest BCUT2D eigenvalue weighted by atomic mass is 16.5. The molecule has 1 amide bonds. The van der Waals surface area contributed by atoms with Crippen LogP contribution in [0.5, 0.6) is 11.5 Å². The highest BCUT2D eigenvalue weighted by molar-refractivity contribution is 5.87. The van der Waals surface area contributed by atoms with Crippen LogP contribution in [0.3, 0.4) is 0 Å². The van der Waals surface area contributed by atoms with Crippen molar-refractivity contribution in [2.75, 3.05) is 26.1 Å². The summed E-state index contributed by atoms with van der Waals surface area (Å²) >= 11 is 0. The first-order chi connectivity index (χ1) is 11.2. The minimum absolute atomic E-state index is 0.180. The molecule has 0 aliphatic heterocycles. The molecule has 0 heterocycles. The summed E-state index contributed by atoms with van der Waals surface area (Å²) in [5, 5.41) is 2.64. The number of hydrogen-bond donors (Lipinski definition) is 1. The van der Waals surface area contributed by atoms with Gasteiger partial charge in [0.25, 0.3) is 0 Å². The van der Waals surface area contributed by atoms with Crippen molar-refractivity contribution in [2.45, 2.75) is 0 Å². The van der Waals surface area contributed by atoms with Crippen molar-refractivity contribution in [1.82, 2.24) is 0 Å². The van der Waals surface area contributed by atoms with Gasteiger partial charge in [0.05, 0.1) is 19.9 Å². The molecular formula is C18H19NO4. The van der Waals surface area contributed by atoms with Crippen molar-refractivity contribution in [2.24, 2.45) is 0 Å². The number of ether oxygens (including phenoxy) is 3. The molecule has 5 nitrogen and oxygen atoms in total. The molecule has 0 fully saturated rings. The molecule has 1 N–H and O–H groups in total. The molecule has 0 aliphatic carbocycles. The summed E-state index contributed by atoms with van der Waals surface area (Å²) in [7, 11) is 3.09. The second-order valence-electron chi connectivity index (χ2n) is 4.60. The number of anilines is 1. The Balaban J connectivity index is 1.86. The Bertz CT molecular complexity index is 668. The highest BCUT2D eigenvalue weighted by Gasteiger charge is 2.09. The molecule has 0 aliphatic rings. The van der Waals surface area contributed by atoms with Crippen molar-refractivity contribution < 1.29 is 19.0 Å². The van der Waals surface area contributed by atoms with Gasteiger partial charge >= 0.3 is 6.09 Å². The van der Waals surface area contributed by atoms with Crippen LogP contribution in [0.15, 0.2) is 54.6 Å². The fraction of sp³-hybridized carbons (Fsp3) is 0.167. The summed E-state index contributed by atoms with van der Waals surface area (Å²) in [6.07, 6.45) is 3.12. The minimum Gasteiger partial charge on any atom is -0.497 e. The lowest BCUT2D eigenvalue weighted by Gasteiger charge is -2.11. The Kier molecular flexibility index (Phi) is 6.06. The van der Waals surface area contributed by atoms with Gasteiger partial charge in [0.15, 0.2) is 0 Å². The fourth-order valence-corrected chi connectivity index (χ4v) is 1.92. The van der Waals surface area contributed by atoms with Crippen LogP contribution < -0.4 is 14.8 Å². The van der Waals surface area contributed by atoms with Crippen LogP contribution in [-0.2, 0) is 4.74 Å². The standard InChI is InChI=1S/C18H19NO4/c1-21-15-10-11-16(17(13-15)22-2)19-18(20)23-12-6-9-14-7-4-3-5-8-14/h3-11,13H,12H2,1-2H3,(H,19,20). The van der Waals surface area contributed by atoms with E-state index in [2.05, 4.69) is 5.32 Å². The molecule has 5 heteroatoms. The maximum atomic E-state index is 11.8. The Morgan fingerprint density at radius 3 is 2.57 bits per heavy atom. The second-order valence-corrected chi connectivity index (χ2v) is 4.60. The molecule has 0 atom stereocenters. The Hall–Kier alpha value is -2.95. The number of benzene rings is 2. The second kappa shape index (κ2) is 8.48. The third-order valence-electron chi connectivity index (χ3n) is 3.07. The third kappa shape index (κ3) is 5.07. The zero-order valence-corrected chi connectivity index (χ0v) is 13.1. The van der Waals surface area contributed by atoms with E-state index in [1.165, 1.54) is 7.11 Å². The third-order valence-corrected chi connectivity index (χ3v) is 3.07. The van der Waals surface area contributed by atoms with Crippen LogP contribution in [0.2, 0.25) is 0 Å². The van der Waals surface area contributed by atoms with Crippen molar-refractivity contribution in [3.63, 3.8) is 0 Å². The largest absolute Gasteiger partial charge is 0.497 e. The maximum Gasteiger partial charge on any atom is 0.412 e. The monoisotopic (exact) mass is 313 g/mol. The molecule has 2 rings (SSSR count). The van der Waals surface area contributed by atoms with Crippen LogP contribution in [0, 0.1) is 0 Å². The summed E-state index contributed by atoms with van der Waals surface area (Å²) in [6, 6.07) is 14.9. The van der Waals surface area contributed by atoms with Gasteiger partial charge in [-0.3, -0.25) is 5.32 Å². The van der Waals surface area contributed by atoms with Gasteiger partial charge in [0.2, 0.25) is 0 Å². The van der Waals surface area contributed by atoms with Gasteiger partial charge in [-0.1, -0.05) is 36.4 Å². The van der Waals surface area contributed by atoms with Crippen molar-refractivity contribution in [3.8, 4) is 11.5 Å². The summed E-state index contributed by atoms with van der Waals surface area (Å²) in [5.74, 6) is 1.15. The molecule has 0 radical (unpaired) electrons. The van der Waals surface area contributed by atoms with Crippen LogP contribution in [0.1, 0.15) is 5.56 Å².